The van der Waals surface area contributed by atoms with Gasteiger partial charge in [0.25, 0.3) is 0 Å². The molecule has 2 aromatic heterocycles. The molecular weight excluding hydrogens is 471 g/mol. The molecule has 12 heteroatoms. The van der Waals surface area contributed by atoms with Crippen molar-refractivity contribution in [2.24, 2.45) is 0 Å². The third-order valence-corrected chi connectivity index (χ3v) is 5.97. The van der Waals surface area contributed by atoms with E-state index in [4.69, 9.17) is 29.8 Å². The summed E-state index contributed by atoms with van der Waals surface area (Å²) in [7, 11) is 0. The highest BCUT2D eigenvalue weighted by Crippen LogP contribution is 2.30. The lowest BCUT2D eigenvalue weighted by Crippen LogP contribution is -2.37. The molecule has 1 amide bonds. The van der Waals surface area contributed by atoms with Crippen molar-refractivity contribution in [3.63, 3.8) is 0 Å². The van der Waals surface area contributed by atoms with Crippen LogP contribution >= 0.6 is 0 Å². The number of nitrogens with one attached hydrogen (secondary N) is 1. The first-order valence-corrected chi connectivity index (χ1v) is 12.1. The Kier molecular flexibility index (Phi) is 8.98. The summed E-state index contributed by atoms with van der Waals surface area (Å²) < 4.78 is 27.0. The van der Waals surface area contributed by atoms with Crippen LogP contribution in [0.3, 0.4) is 0 Å². The number of hydroxylamine groups is 1. The van der Waals surface area contributed by atoms with Gasteiger partial charge in [0.1, 0.15) is 6.61 Å². The topological polar surface area (TPSA) is 135 Å². The molecule has 36 heavy (non-hydrogen) atoms. The predicted molar refractivity (Wildman–Crippen MR) is 129 cm³/mol. The number of halogens is 1. The van der Waals surface area contributed by atoms with Gasteiger partial charge in [0, 0.05) is 31.6 Å². The molecule has 0 spiro atoms. The standard InChI is InChI=1S/C24H31FN6O5/c25-18-7-6-17(15-19(18)36-14-11-32)22-27-23(30-9-12-35-13-10-30)21-24(28-22)31(16-26-21)8-4-2-1-3-5-20(33)29-34/h6-7,15-16,32,34H,1-5,8-14H2,(H,29,33). The second kappa shape index (κ2) is 12.6. The Labute approximate surface area is 207 Å². The number of anilines is 1. The Hall–Kier alpha value is -3.35. The van der Waals surface area contributed by atoms with Gasteiger partial charge in [-0.2, -0.15) is 0 Å². The number of morpholine rings is 1. The Balaban J connectivity index is 1.60. The number of nitrogens with zero attached hydrogens (tertiary/aromatic N) is 5. The van der Waals surface area contributed by atoms with Crippen molar-refractivity contribution in [1.82, 2.24) is 25.0 Å². The van der Waals surface area contributed by atoms with Gasteiger partial charge < -0.3 is 24.0 Å². The van der Waals surface area contributed by atoms with Crippen molar-refractivity contribution in [2.45, 2.75) is 38.6 Å². The molecule has 1 fully saturated rings. The molecule has 0 aliphatic carbocycles. The second-order valence-corrected chi connectivity index (χ2v) is 8.50. The monoisotopic (exact) mass is 502 g/mol. The number of fused-ring (bicyclic) bond motifs is 1. The van der Waals surface area contributed by atoms with Gasteiger partial charge in [0.2, 0.25) is 5.91 Å². The van der Waals surface area contributed by atoms with Crippen molar-refractivity contribution >= 4 is 22.9 Å². The molecule has 1 saturated heterocycles. The summed E-state index contributed by atoms with van der Waals surface area (Å²) in [6.45, 7) is 2.98. The minimum Gasteiger partial charge on any atom is -0.488 e. The molecule has 1 aromatic carbocycles. The van der Waals surface area contributed by atoms with E-state index in [0.29, 0.717) is 74.1 Å². The number of ether oxygens (including phenoxy) is 2. The molecule has 1 aliphatic rings. The lowest BCUT2D eigenvalue weighted by atomic mass is 10.1. The van der Waals surface area contributed by atoms with E-state index < -0.39 is 5.82 Å². The van der Waals surface area contributed by atoms with E-state index in [9.17, 15) is 9.18 Å². The Bertz CT molecular complexity index is 1170. The van der Waals surface area contributed by atoms with Gasteiger partial charge >= 0.3 is 0 Å². The molecule has 0 bridgehead atoms. The number of rotatable bonds is 12. The zero-order valence-electron chi connectivity index (χ0n) is 20.0. The molecule has 11 nitrogen and oxygen atoms in total. The van der Waals surface area contributed by atoms with Gasteiger partial charge in [-0.05, 0) is 31.0 Å². The summed E-state index contributed by atoms with van der Waals surface area (Å²) in [5.74, 6) is 0.259. The number of unbranched alkanes of at least 4 members (excludes halogenated alkanes) is 3. The largest absolute Gasteiger partial charge is 0.488 e. The van der Waals surface area contributed by atoms with Gasteiger partial charge in [-0.1, -0.05) is 12.8 Å². The van der Waals surface area contributed by atoms with Crippen LogP contribution in [0.4, 0.5) is 10.2 Å². The second-order valence-electron chi connectivity index (χ2n) is 8.50. The van der Waals surface area contributed by atoms with Gasteiger partial charge in [-0.15, -0.1) is 0 Å². The Morgan fingerprint density at radius 1 is 1.17 bits per heavy atom. The molecule has 0 atom stereocenters. The van der Waals surface area contributed by atoms with Crippen molar-refractivity contribution < 1.29 is 29.0 Å². The van der Waals surface area contributed by atoms with Crippen LogP contribution in [0.5, 0.6) is 5.75 Å². The third-order valence-electron chi connectivity index (χ3n) is 5.97. The number of aliphatic hydroxyl groups excluding tert-OH is 1. The van der Waals surface area contributed by atoms with Crippen LogP contribution in [0.15, 0.2) is 24.5 Å². The first-order valence-electron chi connectivity index (χ1n) is 12.1. The zero-order chi connectivity index (χ0) is 25.3. The van der Waals surface area contributed by atoms with Crippen molar-refractivity contribution in [3.05, 3.63) is 30.3 Å². The first-order chi connectivity index (χ1) is 17.6. The van der Waals surface area contributed by atoms with E-state index in [0.717, 1.165) is 19.3 Å². The van der Waals surface area contributed by atoms with Gasteiger partial charge in [-0.25, -0.2) is 24.8 Å². The third kappa shape index (κ3) is 6.25. The van der Waals surface area contributed by atoms with Crippen LogP contribution in [0.2, 0.25) is 0 Å². The molecule has 0 radical (unpaired) electrons. The molecular formula is C24H31FN6O5. The van der Waals surface area contributed by atoms with Crippen molar-refractivity contribution in [2.75, 3.05) is 44.4 Å². The number of carbonyl (C=O) groups is 1. The molecule has 0 unspecified atom stereocenters. The molecule has 3 heterocycles. The lowest BCUT2D eigenvalue weighted by molar-refractivity contribution is -0.129. The van der Waals surface area contributed by atoms with E-state index in [2.05, 4.69) is 9.88 Å². The smallest absolute Gasteiger partial charge is 0.243 e. The maximum atomic E-state index is 14.2. The highest BCUT2D eigenvalue weighted by atomic mass is 19.1. The molecule has 194 valence electrons. The summed E-state index contributed by atoms with van der Waals surface area (Å²) in [4.78, 5) is 27.5. The van der Waals surface area contributed by atoms with E-state index in [1.54, 1.807) is 23.9 Å². The number of aryl methyl sites for hydroxylation is 1. The van der Waals surface area contributed by atoms with Crippen LogP contribution in [-0.4, -0.2) is 75.3 Å². The maximum absolute atomic E-state index is 14.2. The number of aromatic nitrogens is 4. The van der Waals surface area contributed by atoms with E-state index >= 15 is 0 Å². The fourth-order valence-electron chi connectivity index (χ4n) is 4.10. The predicted octanol–water partition coefficient (Wildman–Crippen LogP) is 2.30. The SMILES string of the molecule is O=C(CCCCCCn1cnc2c(N3CCOCC3)nc(-c3ccc(F)c(OCCO)c3)nc21)NO. The fraction of sp³-hybridized carbons (Fsp3) is 0.500. The summed E-state index contributed by atoms with van der Waals surface area (Å²) in [5, 5.41) is 17.6. The highest BCUT2D eigenvalue weighted by molar-refractivity contribution is 5.86. The van der Waals surface area contributed by atoms with Gasteiger partial charge in [0.05, 0.1) is 26.1 Å². The van der Waals surface area contributed by atoms with Crippen LogP contribution in [0.1, 0.15) is 32.1 Å². The summed E-state index contributed by atoms with van der Waals surface area (Å²) in [6.07, 6.45) is 5.41. The van der Waals surface area contributed by atoms with E-state index in [1.165, 1.54) is 6.07 Å². The van der Waals surface area contributed by atoms with Crippen LogP contribution in [0, 0.1) is 5.82 Å². The summed E-state index contributed by atoms with van der Waals surface area (Å²) >= 11 is 0. The summed E-state index contributed by atoms with van der Waals surface area (Å²) in [6, 6.07) is 4.45. The van der Waals surface area contributed by atoms with Crippen molar-refractivity contribution in [1.29, 1.82) is 0 Å². The average Bonchev–Trinajstić information content (AvgIpc) is 3.32. The van der Waals surface area contributed by atoms with Gasteiger partial charge in [0.15, 0.2) is 34.4 Å². The quantitative estimate of drug-likeness (QED) is 0.194. The fourth-order valence-corrected chi connectivity index (χ4v) is 4.10. The Morgan fingerprint density at radius 2 is 1.97 bits per heavy atom. The minimum absolute atomic E-state index is 0.0171. The molecule has 3 N–H and O–H groups in total. The molecule has 3 aromatic rings. The number of carbonyl (C=O) groups excluding carboxylic acids is 1. The average molecular weight is 503 g/mol. The number of benzene rings is 1. The summed E-state index contributed by atoms with van der Waals surface area (Å²) in [5.41, 5.74) is 3.62. The number of hydrogen-bond donors (Lipinski definition) is 3. The normalized spacial score (nSPS) is 13.8. The minimum atomic E-state index is -0.525. The number of imidazole rings is 1. The lowest BCUT2D eigenvalue weighted by Gasteiger charge is -2.28. The number of hydrogen-bond acceptors (Lipinski definition) is 9. The molecule has 4 rings (SSSR count). The highest BCUT2D eigenvalue weighted by Gasteiger charge is 2.21. The first kappa shape index (κ1) is 25.7. The van der Waals surface area contributed by atoms with Crippen LogP contribution in [0.25, 0.3) is 22.6 Å². The number of aliphatic hydroxyl groups is 1. The van der Waals surface area contributed by atoms with E-state index in [1.807, 2.05) is 4.57 Å². The number of amides is 1. The van der Waals surface area contributed by atoms with Crippen LogP contribution in [-0.2, 0) is 16.1 Å². The van der Waals surface area contributed by atoms with Crippen molar-refractivity contribution in [3.8, 4) is 17.1 Å². The zero-order valence-corrected chi connectivity index (χ0v) is 20.0. The van der Waals surface area contributed by atoms with Gasteiger partial charge in [-0.3, -0.25) is 10.0 Å². The molecule has 0 saturated carbocycles. The van der Waals surface area contributed by atoms with Crippen LogP contribution < -0.4 is 15.1 Å². The maximum Gasteiger partial charge on any atom is 0.243 e. The van der Waals surface area contributed by atoms with E-state index in [-0.39, 0.29) is 24.9 Å². The molecule has 1 aliphatic heterocycles. The Morgan fingerprint density at radius 3 is 2.75 bits per heavy atom.